The maximum Gasteiger partial charge on any atom is 0.287 e. The summed E-state index contributed by atoms with van der Waals surface area (Å²) >= 11 is 0. The maximum atomic E-state index is 11.6. The molecule has 3 N–H and O–H groups in total. The minimum Gasteiger partial charge on any atom is -0.455 e. The Hall–Kier alpha value is -1.59. The van der Waals surface area contributed by atoms with Gasteiger partial charge in [-0.2, -0.15) is 0 Å². The largest absolute Gasteiger partial charge is 0.455 e. The zero-order valence-electron chi connectivity index (χ0n) is 9.99. The number of nitrogens with two attached hydrogens (primary N) is 1. The Labute approximate surface area is 101 Å². The van der Waals surface area contributed by atoms with E-state index in [9.17, 15) is 4.79 Å². The summed E-state index contributed by atoms with van der Waals surface area (Å²) in [6.07, 6.45) is 0. The second-order valence-electron chi connectivity index (χ2n) is 3.74. The summed E-state index contributed by atoms with van der Waals surface area (Å²) in [4.78, 5) is 11.6. The number of nitrogens with one attached hydrogen (secondary N) is 1. The molecule has 1 amide bonds. The molecule has 0 radical (unpaired) electrons. The third kappa shape index (κ3) is 4.84. The van der Waals surface area contributed by atoms with Crippen molar-refractivity contribution in [3.8, 4) is 0 Å². The normalized spacial score (nSPS) is 10.2. The molecule has 0 saturated heterocycles. The van der Waals surface area contributed by atoms with E-state index in [0.717, 1.165) is 5.57 Å². The van der Waals surface area contributed by atoms with Gasteiger partial charge in [-0.05, 0) is 19.1 Å². The Balaban J connectivity index is 2.23. The van der Waals surface area contributed by atoms with Crippen LogP contribution in [0.3, 0.4) is 0 Å². The predicted molar refractivity (Wildman–Crippen MR) is 64.6 cm³/mol. The summed E-state index contributed by atoms with van der Waals surface area (Å²) in [6.45, 7) is 7.27. The molecule has 0 aliphatic carbocycles. The quantitative estimate of drug-likeness (QED) is 0.550. The molecule has 0 bridgehead atoms. The summed E-state index contributed by atoms with van der Waals surface area (Å²) in [5, 5.41) is 2.68. The summed E-state index contributed by atoms with van der Waals surface area (Å²) in [5.41, 5.74) is 6.33. The Kier molecular flexibility index (Phi) is 5.45. The number of furan rings is 1. The number of rotatable bonds is 7. The van der Waals surface area contributed by atoms with E-state index in [1.54, 1.807) is 12.1 Å². The number of hydrogen-bond acceptors (Lipinski definition) is 4. The van der Waals surface area contributed by atoms with E-state index in [4.69, 9.17) is 14.9 Å². The van der Waals surface area contributed by atoms with Gasteiger partial charge < -0.3 is 20.2 Å². The molecule has 1 rings (SSSR count). The molecule has 17 heavy (non-hydrogen) atoms. The molecule has 94 valence electrons. The molecule has 0 saturated carbocycles. The molecular weight excluding hydrogens is 220 g/mol. The molecule has 1 heterocycles. The Morgan fingerprint density at radius 1 is 1.59 bits per heavy atom. The lowest BCUT2D eigenvalue weighted by atomic mass is 10.4. The van der Waals surface area contributed by atoms with Crippen LogP contribution in [0.2, 0.25) is 0 Å². The van der Waals surface area contributed by atoms with Gasteiger partial charge in [0.2, 0.25) is 0 Å². The van der Waals surface area contributed by atoms with Crippen LogP contribution in [-0.2, 0) is 11.3 Å². The minimum atomic E-state index is -0.261. The van der Waals surface area contributed by atoms with E-state index < -0.39 is 0 Å². The van der Waals surface area contributed by atoms with Gasteiger partial charge in [0.05, 0.1) is 19.8 Å². The average Bonchev–Trinajstić information content (AvgIpc) is 2.76. The van der Waals surface area contributed by atoms with Crippen LogP contribution in [0, 0.1) is 0 Å². The lowest BCUT2D eigenvalue weighted by molar-refractivity contribution is 0.0898. The molecular formula is C12H18N2O3. The van der Waals surface area contributed by atoms with Crippen LogP contribution < -0.4 is 11.1 Å². The molecule has 0 spiro atoms. The fourth-order valence-corrected chi connectivity index (χ4v) is 1.18. The zero-order valence-corrected chi connectivity index (χ0v) is 9.99. The van der Waals surface area contributed by atoms with Crippen LogP contribution in [-0.4, -0.2) is 25.7 Å². The van der Waals surface area contributed by atoms with E-state index >= 15 is 0 Å². The summed E-state index contributed by atoms with van der Waals surface area (Å²) < 4.78 is 10.4. The van der Waals surface area contributed by atoms with Crippen LogP contribution in [0.1, 0.15) is 23.2 Å². The first kappa shape index (κ1) is 13.5. The topological polar surface area (TPSA) is 77.5 Å². The molecule has 1 aromatic rings. The van der Waals surface area contributed by atoms with Gasteiger partial charge in [-0.3, -0.25) is 4.79 Å². The highest BCUT2D eigenvalue weighted by molar-refractivity contribution is 5.91. The lowest BCUT2D eigenvalue weighted by Gasteiger charge is -2.04. The Bertz CT molecular complexity index is 385. The van der Waals surface area contributed by atoms with E-state index in [1.807, 2.05) is 6.92 Å². The third-order valence-corrected chi connectivity index (χ3v) is 1.97. The van der Waals surface area contributed by atoms with Crippen molar-refractivity contribution in [1.29, 1.82) is 0 Å². The van der Waals surface area contributed by atoms with Crippen molar-refractivity contribution in [2.75, 3.05) is 19.8 Å². The number of amides is 1. The van der Waals surface area contributed by atoms with E-state index in [-0.39, 0.29) is 18.2 Å². The van der Waals surface area contributed by atoms with Crippen LogP contribution in [0.4, 0.5) is 0 Å². The highest BCUT2D eigenvalue weighted by Crippen LogP contribution is 2.06. The first-order chi connectivity index (χ1) is 8.13. The fourth-order valence-electron chi connectivity index (χ4n) is 1.18. The second-order valence-corrected chi connectivity index (χ2v) is 3.74. The minimum absolute atomic E-state index is 0.261. The highest BCUT2D eigenvalue weighted by Gasteiger charge is 2.09. The third-order valence-electron chi connectivity index (χ3n) is 1.97. The number of carbonyl (C=O) groups excluding carboxylic acids is 1. The van der Waals surface area contributed by atoms with E-state index in [0.29, 0.717) is 25.5 Å². The molecule has 0 aliphatic rings. The van der Waals surface area contributed by atoms with Crippen LogP contribution >= 0.6 is 0 Å². The van der Waals surface area contributed by atoms with Gasteiger partial charge in [-0.1, -0.05) is 12.2 Å². The summed E-state index contributed by atoms with van der Waals surface area (Å²) in [5.74, 6) is 0.600. The molecule has 5 nitrogen and oxygen atoms in total. The van der Waals surface area contributed by atoms with Crippen LogP contribution in [0.25, 0.3) is 0 Å². The number of carbonyl (C=O) groups is 1. The van der Waals surface area contributed by atoms with Crippen molar-refractivity contribution < 1.29 is 13.9 Å². The molecule has 0 aromatic carbocycles. The Morgan fingerprint density at radius 2 is 2.35 bits per heavy atom. The maximum absolute atomic E-state index is 11.6. The molecule has 5 heteroatoms. The first-order valence-corrected chi connectivity index (χ1v) is 5.42. The second kappa shape index (κ2) is 6.88. The standard InChI is InChI=1S/C12H18N2O3/c1-9(2)8-16-6-5-14-12(15)11-4-3-10(7-13)17-11/h3-4H,1,5-8,13H2,2H3,(H,14,15). The van der Waals surface area contributed by atoms with Gasteiger partial charge in [0.1, 0.15) is 5.76 Å². The van der Waals surface area contributed by atoms with Crippen molar-refractivity contribution in [3.05, 3.63) is 35.8 Å². The van der Waals surface area contributed by atoms with E-state index in [2.05, 4.69) is 11.9 Å². The average molecular weight is 238 g/mol. The van der Waals surface area contributed by atoms with Crippen molar-refractivity contribution in [2.24, 2.45) is 5.73 Å². The summed E-state index contributed by atoms with van der Waals surface area (Å²) in [6, 6.07) is 3.29. The van der Waals surface area contributed by atoms with E-state index in [1.165, 1.54) is 0 Å². The van der Waals surface area contributed by atoms with Gasteiger partial charge in [0.15, 0.2) is 5.76 Å². The number of ether oxygens (including phenoxy) is 1. The number of hydrogen-bond donors (Lipinski definition) is 2. The SMILES string of the molecule is C=C(C)COCCNC(=O)c1ccc(CN)o1. The molecule has 0 unspecified atom stereocenters. The molecule has 0 fully saturated rings. The molecule has 1 aromatic heterocycles. The summed E-state index contributed by atoms with van der Waals surface area (Å²) in [7, 11) is 0. The predicted octanol–water partition coefficient (Wildman–Crippen LogP) is 1.06. The highest BCUT2D eigenvalue weighted by atomic mass is 16.5. The zero-order chi connectivity index (χ0) is 12.7. The van der Waals surface area contributed by atoms with Crippen molar-refractivity contribution in [2.45, 2.75) is 13.5 Å². The van der Waals surface area contributed by atoms with Crippen molar-refractivity contribution in [3.63, 3.8) is 0 Å². The van der Waals surface area contributed by atoms with Gasteiger partial charge >= 0.3 is 0 Å². The van der Waals surface area contributed by atoms with Crippen molar-refractivity contribution in [1.82, 2.24) is 5.32 Å². The van der Waals surface area contributed by atoms with Crippen LogP contribution in [0.5, 0.6) is 0 Å². The fraction of sp³-hybridized carbons (Fsp3) is 0.417. The first-order valence-electron chi connectivity index (χ1n) is 5.42. The van der Waals surface area contributed by atoms with Gasteiger partial charge in [-0.15, -0.1) is 0 Å². The van der Waals surface area contributed by atoms with Gasteiger partial charge in [0.25, 0.3) is 5.91 Å². The molecule has 0 atom stereocenters. The lowest BCUT2D eigenvalue weighted by Crippen LogP contribution is -2.27. The molecule has 0 aliphatic heterocycles. The van der Waals surface area contributed by atoms with Crippen molar-refractivity contribution >= 4 is 5.91 Å². The van der Waals surface area contributed by atoms with Gasteiger partial charge in [0, 0.05) is 6.54 Å². The van der Waals surface area contributed by atoms with Crippen LogP contribution in [0.15, 0.2) is 28.7 Å². The van der Waals surface area contributed by atoms with Gasteiger partial charge in [-0.25, -0.2) is 0 Å². The smallest absolute Gasteiger partial charge is 0.287 e. The Morgan fingerprint density at radius 3 is 2.94 bits per heavy atom. The monoisotopic (exact) mass is 238 g/mol.